The third-order valence-electron chi connectivity index (χ3n) is 3.83. The molecule has 2 rings (SSSR count). The molecule has 1 aliphatic carbocycles. The van der Waals surface area contributed by atoms with E-state index in [0.29, 0.717) is 12.1 Å². The van der Waals surface area contributed by atoms with Crippen molar-refractivity contribution in [3.05, 3.63) is 33.4 Å². The van der Waals surface area contributed by atoms with Crippen LogP contribution in [-0.2, 0) is 4.74 Å². The monoisotopic (exact) mass is 373 g/mol. The number of rotatable bonds is 6. The number of halogens is 1. The summed E-state index contributed by atoms with van der Waals surface area (Å²) in [6.45, 7) is 3.98. The van der Waals surface area contributed by atoms with E-state index in [1.165, 1.54) is 41.2 Å². The molecule has 1 atom stereocenters. The molecule has 106 valence electrons. The minimum atomic E-state index is 0.395. The molecular formula is C16H24INO. The molecule has 1 N–H and O–H groups in total. The molecule has 0 saturated heterocycles. The van der Waals surface area contributed by atoms with Crippen molar-refractivity contribution in [1.29, 1.82) is 0 Å². The van der Waals surface area contributed by atoms with Crippen molar-refractivity contribution >= 4 is 22.6 Å². The second-order valence-electron chi connectivity index (χ2n) is 5.36. The number of hydrogen-bond donors (Lipinski definition) is 1. The molecule has 0 aromatic heterocycles. The van der Waals surface area contributed by atoms with Gasteiger partial charge in [0.25, 0.3) is 0 Å². The molecule has 0 aliphatic heterocycles. The van der Waals surface area contributed by atoms with Gasteiger partial charge in [-0.15, -0.1) is 0 Å². The minimum absolute atomic E-state index is 0.395. The minimum Gasteiger partial charge on any atom is -0.377 e. The Labute approximate surface area is 130 Å². The Morgan fingerprint density at radius 2 is 1.89 bits per heavy atom. The number of ether oxygens (including phenoxy) is 1. The average Bonchev–Trinajstić information content (AvgIpc) is 2.45. The van der Waals surface area contributed by atoms with Crippen molar-refractivity contribution < 1.29 is 4.74 Å². The van der Waals surface area contributed by atoms with Gasteiger partial charge in [0.1, 0.15) is 0 Å². The Balaban J connectivity index is 1.63. The quantitative estimate of drug-likeness (QED) is 0.593. The van der Waals surface area contributed by atoms with Crippen LogP contribution in [0.15, 0.2) is 24.3 Å². The maximum absolute atomic E-state index is 5.92. The third kappa shape index (κ3) is 5.40. The lowest BCUT2D eigenvalue weighted by Gasteiger charge is -2.22. The van der Waals surface area contributed by atoms with Gasteiger partial charge in [-0.2, -0.15) is 0 Å². The van der Waals surface area contributed by atoms with Crippen LogP contribution in [0.3, 0.4) is 0 Å². The second kappa shape index (κ2) is 8.22. The topological polar surface area (TPSA) is 21.3 Å². The summed E-state index contributed by atoms with van der Waals surface area (Å²) in [6, 6.07) is 9.11. The fourth-order valence-corrected chi connectivity index (χ4v) is 2.96. The van der Waals surface area contributed by atoms with Crippen LogP contribution >= 0.6 is 22.6 Å². The van der Waals surface area contributed by atoms with E-state index in [0.717, 1.165) is 13.2 Å². The Morgan fingerprint density at radius 3 is 2.58 bits per heavy atom. The summed E-state index contributed by atoms with van der Waals surface area (Å²) in [6.07, 6.45) is 7.11. The zero-order valence-electron chi connectivity index (χ0n) is 11.7. The average molecular weight is 373 g/mol. The molecule has 0 amide bonds. The number of hydrogen-bond acceptors (Lipinski definition) is 2. The number of benzene rings is 1. The van der Waals surface area contributed by atoms with Crippen molar-refractivity contribution in [1.82, 2.24) is 5.32 Å². The summed E-state index contributed by atoms with van der Waals surface area (Å²) in [5.41, 5.74) is 1.35. The van der Waals surface area contributed by atoms with Crippen LogP contribution in [0.4, 0.5) is 0 Å². The van der Waals surface area contributed by atoms with Gasteiger partial charge in [-0.05, 0) is 60.1 Å². The van der Waals surface area contributed by atoms with E-state index in [1.54, 1.807) is 0 Å². The van der Waals surface area contributed by atoms with Gasteiger partial charge in [-0.3, -0.25) is 0 Å². The highest BCUT2D eigenvalue weighted by Crippen LogP contribution is 2.20. The van der Waals surface area contributed by atoms with E-state index in [-0.39, 0.29) is 0 Å². The first-order chi connectivity index (χ1) is 9.25. The van der Waals surface area contributed by atoms with Crippen molar-refractivity contribution in [2.45, 2.75) is 51.2 Å². The summed E-state index contributed by atoms with van der Waals surface area (Å²) in [5, 5.41) is 3.53. The van der Waals surface area contributed by atoms with E-state index < -0.39 is 0 Å². The van der Waals surface area contributed by atoms with Crippen LogP contribution < -0.4 is 5.32 Å². The molecule has 0 bridgehead atoms. The Hall–Kier alpha value is -0.130. The zero-order chi connectivity index (χ0) is 13.5. The van der Waals surface area contributed by atoms with Gasteiger partial charge in [-0.1, -0.05) is 31.4 Å². The van der Waals surface area contributed by atoms with Crippen LogP contribution in [0.2, 0.25) is 0 Å². The summed E-state index contributed by atoms with van der Waals surface area (Å²) >= 11 is 2.34. The third-order valence-corrected chi connectivity index (χ3v) is 4.55. The predicted octanol–water partition coefficient (Wildman–Crippen LogP) is 4.29. The Morgan fingerprint density at radius 1 is 1.21 bits per heavy atom. The van der Waals surface area contributed by atoms with E-state index in [2.05, 4.69) is 59.1 Å². The maximum Gasteiger partial charge on any atom is 0.0594 e. The highest BCUT2D eigenvalue weighted by molar-refractivity contribution is 14.1. The SMILES string of the molecule is CC(NCCOC1CCCCC1)c1ccc(I)cc1. The molecule has 0 heterocycles. The molecule has 1 aromatic carbocycles. The molecule has 0 radical (unpaired) electrons. The molecule has 19 heavy (non-hydrogen) atoms. The van der Waals surface area contributed by atoms with Crippen LogP contribution in [0.25, 0.3) is 0 Å². The maximum atomic E-state index is 5.92. The van der Waals surface area contributed by atoms with Gasteiger partial charge in [0.15, 0.2) is 0 Å². The van der Waals surface area contributed by atoms with Gasteiger partial charge >= 0.3 is 0 Å². The standard InChI is InChI=1S/C16H24INO/c1-13(14-7-9-15(17)10-8-14)18-11-12-19-16-5-3-2-4-6-16/h7-10,13,16,18H,2-6,11-12H2,1H3. The largest absolute Gasteiger partial charge is 0.377 e. The van der Waals surface area contributed by atoms with Crippen LogP contribution in [-0.4, -0.2) is 19.3 Å². The van der Waals surface area contributed by atoms with Gasteiger partial charge in [0, 0.05) is 16.2 Å². The zero-order valence-corrected chi connectivity index (χ0v) is 13.9. The molecule has 1 aliphatic rings. The first-order valence-corrected chi connectivity index (χ1v) is 8.44. The molecule has 0 spiro atoms. The molecule has 1 unspecified atom stereocenters. The first-order valence-electron chi connectivity index (χ1n) is 7.36. The predicted molar refractivity (Wildman–Crippen MR) is 88.4 cm³/mol. The molecule has 1 fully saturated rings. The van der Waals surface area contributed by atoms with Crippen LogP contribution in [0.5, 0.6) is 0 Å². The lowest BCUT2D eigenvalue weighted by molar-refractivity contribution is 0.0295. The van der Waals surface area contributed by atoms with E-state index in [9.17, 15) is 0 Å². The van der Waals surface area contributed by atoms with Crippen LogP contribution in [0.1, 0.15) is 50.6 Å². The Bertz CT molecular complexity index is 360. The lowest BCUT2D eigenvalue weighted by atomic mass is 9.98. The van der Waals surface area contributed by atoms with Crippen molar-refractivity contribution in [3.63, 3.8) is 0 Å². The normalized spacial score (nSPS) is 18.4. The fourth-order valence-electron chi connectivity index (χ4n) is 2.60. The van der Waals surface area contributed by atoms with Crippen molar-refractivity contribution in [2.24, 2.45) is 0 Å². The fraction of sp³-hybridized carbons (Fsp3) is 0.625. The van der Waals surface area contributed by atoms with E-state index in [1.807, 2.05) is 0 Å². The highest BCUT2D eigenvalue weighted by Gasteiger charge is 2.13. The van der Waals surface area contributed by atoms with Gasteiger partial charge in [0.2, 0.25) is 0 Å². The summed E-state index contributed by atoms with van der Waals surface area (Å²) in [7, 11) is 0. The van der Waals surface area contributed by atoms with Gasteiger partial charge < -0.3 is 10.1 Å². The van der Waals surface area contributed by atoms with Gasteiger partial charge in [0.05, 0.1) is 12.7 Å². The highest BCUT2D eigenvalue weighted by atomic mass is 127. The molecule has 1 aromatic rings. The molecule has 3 heteroatoms. The lowest BCUT2D eigenvalue weighted by Crippen LogP contribution is -2.26. The van der Waals surface area contributed by atoms with E-state index in [4.69, 9.17) is 4.74 Å². The van der Waals surface area contributed by atoms with E-state index >= 15 is 0 Å². The Kier molecular flexibility index (Phi) is 6.61. The van der Waals surface area contributed by atoms with Crippen molar-refractivity contribution in [3.8, 4) is 0 Å². The summed E-state index contributed by atoms with van der Waals surface area (Å²) < 4.78 is 7.21. The summed E-state index contributed by atoms with van der Waals surface area (Å²) in [5.74, 6) is 0. The summed E-state index contributed by atoms with van der Waals surface area (Å²) in [4.78, 5) is 0. The van der Waals surface area contributed by atoms with Crippen molar-refractivity contribution in [2.75, 3.05) is 13.2 Å². The second-order valence-corrected chi connectivity index (χ2v) is 6.60. The molecule has 1 saturated carbocycles. The number of nitrogens with one attached hydrogen (secondary N) is 1. The molecule has 2 nitrogen and oxygen atoms in total. The first kappa shape index (κ1) is 15.3. The van der Waals surface area contributed by atoms with Crippen LogP contribution in [0, 0.1) is 3.57 Å². The molecular weight excluding hydrogens is 349 g/mol. The smallest absolute Gasteiger partial charge is 0.0594 e. The van der Waals surface area contributed by atoms with Gasteiger partial charge in [-0.25, -0.2) is 0 Å².